The quantitative estimate of drug-likeness (QED) is 0.435. The summed E-state index contributed by atoms with van der Waals surface area (Å²) in [7, 11) is 0. The van der Waals surface area contributed by atoms with E-state index in [9.17, 15) is 27.6 Å². The SMILES string of the molecule is CCOC(=O)C1=C(CN2CCN(C(=O)Nc3ccc(C(F)(F)F)cc3)CC2)N(CC)C(=O)NC1c1cccc(Cl)c1. The van der Waals surface area contributed by atoms with E-state index in [-0.39, 0.29) is 24.9 Å². The molecule has 0 aliphatic carbocycles. The molecule has 4 amide bonds. The first kappa shape index (κ1) is 30.2. The Hall–Kier alpha value is -3.77. The first-order chi connectivity index (χ1) is 19.5. The molecule has 0 radical (unpaired) electrons. The maximum absolute atomic E-state index is 13.2. The molecule has 1 fully saturated rings. The lowest BCUT2D eigenvalue weighted by atomic mass is 9.94. The lowest BCUT2D eigenvalue weighted by Gasteiger charge is -2.40. The number of carbonyl (C=O) groups is 3. The minimum Gasteiger partial charge on any atom is -0.463 e. The molecule has 2 aliphatic heterocycles. The number of benzene rings is 2. The number of halogens is 4. The van der Waals surface area contributed by atoms with Gasteiger partial charge in [0.15, 0.2) is 0 Å². The lowest BCUT2D eigenvalue weighted by molar-refractivity contribution is -0.139. The molecular formula is C28H31ClF3N5O4. The van der Waals surface area contributed by atoms with Crippen molar-refractivity contribution < 1.29 is 32.3 Å². The standard InChI is InChI=1S/C28H31ClF3N5O4/c1-3-37-22(23(25(38)41-4-2)24(34-27(37)40)18-6-5-7-20(29)16-18)17-35-12-14-36(15-13-35)26(39)33-21-10-8-19(9-11-21)28(30,31)32/h5-11,16,24H,3-4,12-15,17H2,1-2H3,(H,33,39)(H,34,40). The summed E-state index contributed by atoms with van der Waals surface area (Å²) in [5.74, 6) is -0.541. The highest BCUT2D eigenvalue weighted by atomic mass is 35.5. The second kappa shape index (κ2) is 12.8. The maximum Gasteiger partial charge on any atom is 0.416 e. The Balaban J connectivity index is 1.50. The van der Waals surface area contributed by atoms with Gasteiger partial charge in [0.1, 0.15) is 0 Å². The predicted molar refractivity (Wildman–Crippen MR) is 147 cm³/mol. The summed E-state index contributed by atoms with van der Waals surface area (Å²) in [6.45, 7) is 5.83. The topological polar surface area (TPSA) is 94.2 Å². The van der Waals surface area contributed by atoms with Crippen molar-refractivity contribution in [2.75, 3.05) is 51.2 Å². The van der Waals surface area contributed by atoms with E-state index in [1.807, 2.05) is 11.8 Å². The maximum atomic E-state index is 13.2. The van der Waals surface area contributed by atoms with Gasteiger partial charge >= 0.3 is 24.2 Å². The molecule has 41 heavy (non-hydrogen) atoms. The molecule has 0 spiro atoms. The fourth-order valence-corrected chi connectivity index (χ4v) is 5.06. The average Bonchev–Trinajstić information content (AvgIpc) is 2.93. The Morgan fingerprint density at radius 3 is 2.34 bits per heavy atom. The summed E-state index contributed by atoms with van der Waals surface area (Å²) in [6, 6.07) is 9.64. The zero-order chi connectivity index (χ0) is 29.7. The van der Waals surface area contributed by atoms with Crippen molar-refractivity contribution in [1.29, 1.82) is 0 Å². The van der Waals surface area contributed by atoms with Crippen molar-refractivity contribution in [2.45, 2.75) is 26.1 Å². The monoisotopic (exact) mass is 593 g/mol. The number of amides is 4. The van der Waals surface area contributed by atoms with Crippen molar-refractivity contribution in [3.63, 3.8) is 0 Å². The number of likely N-dealkylation sites (N-methyl/N-ethyl adjacent to an activating group) is 1. The number of piperazine rings is 1. The third-order valence-corrected chi connectivity index (χ3v) is 7.16. The summed E-state index contributed by atoms with van der Waals surface area (Å²) >= 11 is 6.21. The molecule has 0 saturated carbocycles. The third kappa shape index (κ3) is 7.12. The van der Waals surface area contributed by atoms with Crippen LogP contribution in [0.25, 0.3) is 0 Å². The zero-order valence-corrected chi connectivity index (χ0v) is 23.4. The van der Waals surface area contributed by atoms with Gasteiger partial charge in [0, 0.05) is 55.7 Å². The smallest absolute Gasteiger partial charge is 0.416 e. The third-order valence-electron chi connectivity index (χ3n) is 6.93. The normalized spacial score (nSPS) is 18.3. The van der Waals surface area contributed by atoms with Gasteiger partial charge in [-0.1, -0.05) is 23.7 Å². The number of nitrogens with one attached hydrogen (secondary N) is 2. The van der Waals surface area contributed by atoms with Crippen LogP contribution in [0.4, 0.5) is 28.4 Å². The zero-order valence-electron chi connectivity index (χ0n) is 22.6. The number of anilines is 1. The summed E-state index contributed by atoms with van der Waals surface area (Å²) in [5.41, 5.74) is 0.941. The number of ether oxygens (including phenoxy) is 1. The van der Waals surface area contributed by atoms with Gasteiger partial charge in [-0.15, -0.1) is 0 Å². The first-order valence-electron chi connectivity index (χ1n) is 13.2. The highest BCUT2D eigenvalue weighted by Crippen LogP contribution is 2.33. The van der Waals surface area contributed by atoms with Gasteiger partial charge in [0.25, 0.3) is 0 Å². The van der Waals surface area contributed by atoms with Gasteiger partial charge in [-0.2, -0.15) is 13.2 Å². The molecule has 9 nitrogen and oxygen atoms in total. The van der Waals surface area contributed by atoms with Crippen LogP contribution in [0.2, 0.25) is 5.02 Å². The number of urea groups is 2. The van der Waals surface area contributed by atoms with Crippen LogP contribution in [0.1, 0.15) is 31.0 Å². The molecule has 220 valence electrons. The number of alkyl halides is 3. The Labute approximate surface area is 240 Å². The first-order valence-corrected chi connectivity index (χ1v) is 13.6. The molecule has 0 aromatic heterocycles. The lowest BCUT2D eigenvalue weighted by Crippen LogP contribution is -2.54. The van der Waals surface area contributed by atoms with Crippen LogP contribution in [-0.4, -0.2) is 78.6 Å². The summed E-state index contributed by atoms with van der Waals surface area (Å²) in [4.78, 5) is 44.2. The minimum absolute atomic E-state index is 0.157. The molecule has 1 saturated heterocycles. The fourth-order valence-electron chi connectivity index (χ4n) is 4.86. The van der Waals surface area contributed by atoms with Crippen molar-refractivity contribution in [1.82, 2.24) is 20.0 Å². The van der Waals surface area contributed by atoms with Crippen LogP contribution in [-0.2, 0) is 15.7 Å². The average molecular weight is 594 g/mol. The van der Waals surface area contributed by atoms with E-state index in [1.54, 1.807) is 36.1 Å². The number of rotatable bonds is 7. The van der Waals surface area contributed by atoms with Gasteiger partial charge in [-0.3, -0.25) is 9.80 Å². The highest BCUT2D eigenvalue weighted by Gasteiger charge is 2.39. The number of hydrogen-bond donors (Lipinski definition) is 2. The van der Waals surface area contributed by atoms with Crippen LogP contribution >= 0.6 is 11.6 Å². The molecule has 1 unspecified atom stereocenters. The van der Waals surface area contributed by atoms with Gasteiger partial charge in [-0.05, 0) is 55.8 Å². The van der Waals surface area contributed by atoms with Crippen LogP contribution in [0, 0.1) is 0 Å². The number of nitrogens with zero attached hydrogens (tertiary/aromatic N) is 3. The van der Waals surface area contributed by atoms with E-state index in [0.717, 1.165) is 12.1 Å². The van der Waals surface area contributed by atoms with Gasteiger partial charge in [-0.25, -0.2) is 14.4 Å². The molecule has 4 rings (SSSR count). The van der Waals surface area contributed by atoms with Crippen LogP contribution in [0.5, 0.6) is 0 Å². The van der Waals surface area contributed by atoms with Gasteiger partial charge < -0.3 is 20.3 Å². The summed E-state index contributed by atoms with van der Waals surface area (Å²) in [6.07, 6.45) is -4.46. The van der Waals surface area contributed by atoms with E-state index in [4.69, 9.17) is 16.3 Å². The second-order valence-corrected chi connectivity index (χ2v) is 9.97. The van der Waals surface area contributed by atoms with E-state index in [2.05, 4.69) is 10.6 Å². The van der Waals surface area contributed by atoms with Crippen molar-refractivity contribution in [2.24, 2.45) is 0 Å². The molecule has 2 aliphatic rings. The second-order valence-electron chi connectivity index (χ2n) is 9.53. The Bertz CT molecular complexity index is 1310. The Morgan fingerprint density at radius 1 is 1.07 bits per heavy atom. The fraction of sp³-hybridized carbons (Fsp3) is 0.393. The summed E-state index contributed by atoms with van der Waals surface area (Å²) in [5, 5.41) is 6.00. The number of hydrogen-bond acceptors (Lipinski definition) is 5. The Kier molecular flexibility index (Phi) is 9.44. The van der Waals surface area contributed by atoms with E-state index in [1.165, 1.54) is 17.0 Å². The molecule has 2 aromatic carbocycles. The largest absolute Gasteiger partial charge is 0.463 e. The van der Waals surface area contributed by atoms with Crippen molar-refractivity contribution in [3.8, 4) is 0 Å². The predicted octanol–water partition coefficient (Wildman–Crippen LogP) is 5.11. The number of carbonyl (C=O) groups excluding carboxylic acids is 3. The van der Waals surface area contributed by atoms with Gasteiger partial charge in [0.05, 0.1) is 23.8 Å². The van der Waals surface area contributed by atoms with Gasteiger partial charge in [0.2, 0.25) is 0 Å². The molecule has 0 bridgehead atoms. The van der Waals surface area contributed by atoms with Crippen LogP contribution < -0.4 is 10.6 Å². The van der Waals surface area contributed by atoms with Crippen LogP contribution in [0.15, 0.2) is 59.8 Å². The summed E-state index contributed by atoms with van der Waals surface area (Å²) < 4.78 is 43.8. The highest BCUT2D eigenvalue weighted by molar-refractivity contribution is 6.30. The molecule has 1 atom stereocenters. The molecule has 2 aromatic rings. The Morgan fingerprint density at radius 2 is 1.76 bits per heavy atom. The van der Waals surface area contributed by atoms with Crippen molar-refractivity contribution in [3.05, 3.63) is 76.0 Å². The number of esters is 1. The van der Waals surface area contributed by atoms with E-state index < -0.39 is 29.8 Å². The molecular weight excluding hydrogens is 563 g/mol. The molecule has 2 N–H and O–H groups in total. The minimum atomic E-state index is -4.46. The van der Waals surface area contributed by atoms with Crippen LogP contribution in [0.3, 0.4) is 0 Å². The van der Waals surface area contributed by atoms with E-state index in [0.29, 0.717) is 54.6 Å². The van der Waals surface area contributed by atoms with E-state index >= 15 is 0 Å². The molecule has 2 heterocycles. The molecule has 13 heteroatoms. The van der Waals surface area contributed by atoms with Crippen molar-refractivity contribution >= 4 is 35.3 Å².